The van der Waals surface area contributed by atoms with Gasteiger partial charge in [-0.3, -0.25) is 9.48 Å². The molecule has 0 aliphatic carbocycles. The highest BCUT2D eigenvalue weighted by Crippen LogP contribution is 2.32. The van der Waals surface area contributed by atoms with Gasteiger partial charge >= 0.3 is 0 Å². The third-order valence-electron chi connectivity index (χ3n) is 3.74. The van der Waals surface area contributed by atoms with Gasteiger partial charge in [0.05, 0.1) is 6.20 Å². The maximum absolute atomic E-state index is 13.2. The molecule has 0 saturated carbocycles. The summed E-state index contributed by atoms with van der Waals surface area (Å²) in [7, 11) is 1.82. The summed E-state index contributed by atoms with van der Waals surface area (Å²) in [4.78, 5) is 15.3. The van der Waals surface area contributed by atoms with Crippen LogP contribution in [0.4, 0.5) is 4.39 Å². The van der Waals surface area contributed by atoms with E-state index in [4.69, 9.17) is 0 Å². The minimum Gasteiger partial charge on any atom is -0.296 e. The number of hydrogen-bond acceptors (Lipinski definition) is 4. The second kappa shape index (κ2) is 5.38. The van der Waals surface area contributed by atoms with Crippen LogP contribution in [0.2, 0.25) is 0 Å². The molecule has 3 heterocycles. The molecule has 0 saturated heterocycles. The molecule has 6 nitrogen and oxygen atoms in total. The summed E-state index contributed by atoms with van der Waals surface area (Å²) in [5.74, 6) is -0.300. The van der Waals surface area contributed by atoms with Crippen LogP contribution >= 0.6 is 0 Å². The molecule has 0 aliphatic rings. The van der Waals surface area contributed by atoms with Crippen LogP contribution in [0.3, 0.4) is 0 Å². The number of rotatable bonds is 3. The number of nitrogens with zero attached hydrogens (tertiary/aromatic N) is 5. The van der Waals surface area contributed by atoms with Gasteiger partial charge in [0.2, 0.25) is 0 Å². The zero-order chi connectivity index (χ0) is 16.7. The van der Waals surface area contributed by atoms with Gasteiger partial charge in [-0.15, -0.1) is 0 Å². The second-order valence-electron chi connectivity index (χ2n) is 5.37. The molecular formula is C17H12FN5O. The van der Waals surface area contributed by atoms with Crippen molar-refractivity contribution in [3.8, 4) is 22.4 Å². The molecule has 0 spiro atoms. The summed E-state index contributed by atoms with van der Waals surface area (Å²) in [6.07, 6.45) is 5.76. The van der Waals surface area contributed by atoms with E-state index in [0.29, 0.717) is 23.3 Å². The van der Waals surface area contributed by atoms with Crippen molar-refractivity contribution < 1.29 is 9.18 Å². The Balaban J connectivity index is 1.96. The molecule has 7 heteroatoms. The summed E-state index contributed by atoms with van der Waals surface area (Å²) >= 11 is 0. The van der Waals surface area contributed by atoms with Crippen molar-refractivity contribution in [2.45, 2.75) is 0 Å². The van der Waals surface area contributed by atoms with Gasteiger partial charge in [0.25, 0.3) is 0 Å². The zero-order valence-corrected chi connectivity index (χ0v) is 12.7. The number of imidazole rings is 1. The van der Waals surface area contributed by atoms with Crippen LogP contribution in [0.1, 0.15) is 10.5 Å². The van der Waals surface area contributed by atoms with Crippen molar-refractivity contribution in [3.05, 3.63) is 60.4 Å². The Kier molecular flexibility index (Phi) is 3.19. The Morgan fingerprint density at radius 1 is 1.08 bits per heavy atom. The number of carbonyl (C=O) groups is 1. The molecule has 0 radical (unpaired) electrons. The molecule has 0 fully saturated rings. The molecule has 3 aromatic heterocycles. The van der Waals surface area contributed by atoms with E-state index in [0.717, 1.165) is 16.7 Å². The minimum atomic E-state index is -0.300. The maximum atomic E-state index is 13.2. The lowest BCUT2D eigenvalue weighted by molar-refractivity contribution is 0.111. The first kappa shape index (κ1) is 14.3. The van der Waals surface area contributed by atoms with E-state index in [-0.39, 0.29) is 5.82 Å². The highest BCUT2D eigenvalue weighted by atomic mass is 19.1. The molecule has 0 aliphatic heterocycles. The lowest BCUT2D eigenvalue weighted by Gasteiger charge is -2.04. The van der Waals surface area contributed by atoms with Crippen molar-refractivity contribution in [1.82, 2.24) is 24.4 Å². The molecule has 0 amide bonds. The van der Waals surface area contributed by atoms with E-state index in [1.54, 1.807) is 33.7 Å². The fourth-order valence-corrected chi connectivity index (χ4v) is 2.69. The van der Waals surface area contributed by atoms with Crippen LogP contribution in [0.15, 0.2) is 48.9 Å². The lowest BCUT2D eigenvalue weighted by Crippen LogP contribution is -1.92. The van der Waals surface area contributed by atoms with Crippen molar-refractivity contribution in [2.24, 2.45) is 7.05 Å². The number of hydrogen-bond donors (Lipinski definition) is 0. The van der Waals surface area contributed by atoms with Crippen LogP contribution in [0, 0.1) is 5.82 Å². The molecule has 0 N–H and O–H groups in total. The van der Waals surface area contributed by atoms with Gasteiger partial charge in [0, 0.05) is 36.1 Å². The van der Waals surface area contributed by atoms with Crippen LogP contribution in [-0.2, 0) is 7.05 Å². The van der Waals surface area contributed by atoms with Gasteiger partial charge in [0.15, 0.2) is 11.9 Å². The maximum Gasteiger partial charge on any atom is 0.170 e. The van der Waals surface area contributed by atoms with Crippen molar-refractivity contribution in [1.29, 1.82) is 0 Å². The summed E-state index contributed by atoms with van der Waals surface area (Å²) in [5, 5.41) is 8.66. The van der Waals surface area contributed by atoms with Crippen molar-refractivity contribution in [3.63, 3.8) is 0 Å². The highest BCUT2D eigenvalue weighted by molar-refractivity contribution is 5.88. The number of benzene rings is 1. The molecule has 1 aromatic carbocycles. The standard InChI is InChI=1S/C17H12FN5O/c1-22-9-15(16(21-22)11-2-4-12(18)5-3-11)14-6-7-19-23-8-13(10-24)20-17(14)23/h2-10H,1H3. The second-order valence-corrected chi connectivity index (χ2v) is 5.37. The number of aromatic nitrogens is 5. The van der Waals surface area contributed by atoms with E-state index >= 15 is 0 Å². The van der Waals surface area contributed by atoms with E-state index in [9.17, 15) is 9.18 Å². The monoisotopic (exact) mass is 321 g/mol. The molecular weight excluding hydrogens is 309 g/mol. The molecule has 0 bridgehead atoms. The zero-order valence-electron chi connectivity index (χ0n) is 12.7. The smallest absolute Gasteiger partial charge is 0.170 e. The van der Waals surface area contributed by atoms with Crippen LogP contribution in [0.5, 0.6) is 0 Å². The molecule has 4 rings (SSSR count). The normalized spacial score (nSPS) is 11.1. The molecule has 24 heavy (non-hydrogen) atoms. The SMILES string of the molecule is Cn1cc(-c2ccnn3cc(C=O)nc23)c(-c2ccc(F)cc2)n1. The Labute approximate surface area is 136 Å². The fraction of sp³-hybridized carbons (Fsp3) is 0.0588. The van der Waals surface area contributed by atoms with Gasteiger partial charge in [-0.25, -0.2) is 13.9 Å². The van der Waals surface area contributed by atoms with Gasteiger partial charge in [-0.1, -0.05) is 0 Å². The quantitative estimate of drug-likeness (QED) is 0.544. The van der Waals surface area contributed by atoms with Gasteiger partial charge < -0.3 is 0 Å². The first-order valence-corrected chi connectivity index (χ1v) is 7.25. The average molecular weight is 321 g/mol. The Morgan fingerprint density at radius 3 is 2.62 bits per heavy atom. The van der Waals surface area contributed by atoms with E-state index in [1.807, 2.05) is 19.3 Å². The Hall–Kier alpha value is -3.35. The van der Waals surface area contributed by atoms with Crippen LogP contribution in [-0.4, -0.2) is 30.7 Å². The molecule has 118 valence electrons. The summed E-state index contributed by atoms with van der Waals surface area (Å²) in [5.41, 5.74) is 4.01. The highest BCUT2D eigenvalue weighted by Gasteiger charge is 2.16. The minimum absolute atomic E-state index is 0.300. The van der Waals surface area contributed by atoms with Crippen molar-refractivity contribution in [2.75, 3.05) is 0 Å². The average Bonchev–Trinajstić information content (AvgIpc) is 3.18. The summed E-state index contributed by atoms with van der Waals surface area (Å²) < 4.78 is 16.4. The number of fused-ring (bicyclic) bond motifs is 1. The molecule has 0 unspecified atom stereocenters. The number of halogens is 1. The van der Waals surface area contributed by atoms with Crippen LogP contribution in [0.25, 0.3) is 28.0 Å². The van der Waals surface area contributed by atoms with E-state index in [1.165, 1.54) is 12.1 Å². The van der Waals surface area contributed by atoms with Gasteiger partial charge in [0.1, 0.15) is 17.2 Å². The van der Waals surface area contributed by atoms with Gasteiger partial charge in [-0.05, 0) is 30.3 Å². The number of carbonyl (C=O) groups excluding carboxylic acids is 1. The topological polar surface area (TPSA) is 65.1 Å². The van der Waals surface area contributed by atoms with Gasteiger partial charge in [-0.2, -0.15) is 10.2 Å². The first-order chi connectivity index (χ1) is 11.7. The summed E-state index contributed by atoms with van der Waals surface area (Å²) in [6.45, 7) is 0. The molecule has 0 atom stereocenters. The van der Waals surface area contributed by atoms with Crippen molar-refractivity contribution >= 4 is 11.9 Å². The fourth-order valence-electron chi connectivity index (χ4n) is 2.69. The third-order valence-corrected chi connectivity index (χ3v) is 3.74. The Bertz CT molecular complexity index is 1050. The lowest BCUT2D eigenvalue weighted by atomic mass is 10.0. The number of aryl methyl sites for hydroxylation is 1. The van der Waals surface area contributed by atoms with E-state index < -0.39 is 0 Å². The first-order valence-electron chi connectivity index (χ1n) is 7.25. The predicted molar refractivity (Wildman–Crippen MR) is 86.0 cm³/mol. The largest absolute Gasteiger partial charge is 0.296 e. The summed E-state index contributed by atoms with van der Waals surface area (Å²) in [6, 6.07) is 7.98. The van der Waals surface area contributed by atoms with Crippen LogP contribution < -0.4 is 0 Å². The third kappa shape index (κ3) is 2.26. The van der Waals surface area contributed by atoms with E-state index in [2.05, 4.69) is 15.2 Å². The number of aldehydes is 1. The predicted octanol–water partition coefficient (Wildman–Crippen LogP) is 2.75. The Morgan fingerprint density at radius 2 is 1.88 bits per heavy atom. The molecule has 4 aromatic rings.